The third kappa shape index (κ3) is 2.71. The maximum Gasteiger partial charge on any atom is 0.260 e. The molecule has 1 atom stereocenters. The minimum absolute atomic E-state index is 0.0735. The van der Waals surface area contributed by atoms with Gasteiger partial charge in [0.15, 0.2) is 15.7 Å². The van der Waals surface area contributed by atoms with E-state index in [4.69, 9.17) is 15.0 Å². The largest absolute Gasteiger partial charge is 0.497 e. The fourth-order valence-corrected chi connectivity index (χ4v) is 4.11. The van der Waals surface area contributed by atoms with Crippen molar-refractivity contribution in [3.05, 3.63) is 24.0 Å². The number of nitrogens with zero attached hydrogens (tertiary/aromatic N) is 2. The SMILES string of the molecule is COc1ccc(-c2nc(C3CCS(=O)(=O)C3)no2)c(N)c1. The van der Waals surface area contributed by atoms with Crippen molar-refractivity contribution in [1.82, 2.24) is 10.1 Å². The van der Waals surface area contributed by atoms with Gasteiger partial charge < -0.3 is 15.0 Å². The smallest absolute Gasteiger partial charge is 0.260 e. The zero-order valence-corrected chi connectivity index (χ0v) is 12.3. The van der Waals surface area contributed by atoms with E-state index in [9.17, 15) is 8.42 Å². The van der Waals surface area contributed by atoms with E-state index in [0.717, 1.165) is 0 Å². The highest BCUT2D eigenvalue weighted by Gasteiger charge is 2.32. The van der Waals surface area contributed by atoms with Crippen molar-refractivity contribution in [3.63, 3.8) is 0 Å². The number of anilines is 1. The molecule has 1 unspecified atom stereocenters. The summed E-state index contributed by atoms with van der Waals surface area (Å²) in [5, 5.41) is 3.89. The lowest BCUT2D eigenvalue weighted by molar-refractivity contribution is 0.413. The van der Waals surface area contributed by atoms with Gasteiger partial charge in [-0.1, -0.05) is 5.16 Å². The Balaban J connectivity index is 1.89. The molecule has 8 heteroatoms. The van der Waals surface area contributed by atoms with Crippen LogP contribution >= 0.6 is 0 Å². The van der Waals surface area contributed by atoms with Crippen LogP contribution in [0.15, 0.2) is 22.7 Å². The van der Waals surface area contributed by atoms with Gasteiger partial charge in [0.25, 0.3) is 5.89 Å². The second-order valence-corrected chi connectivity index (χ2v) is 7.24. The van der Waals surface area contributed by atoms with Gasteiger partial charge in [-0.25, -0.2) is 8.42 Å². The van der Waals surface area contributed by atoms with Crippen molar-refractivity contribution in [2.24, 2.45) is 0 Å². The molecule has 0 saturated carbocycles. The van der Waals surface area contributed by atoms with E-state index in [1.807, 2.05) is 0 Å². The molecule has 2 aromatic rings. The molecule has 0 aliphatic carbocycles. The summed E-state index contributed by atoms with van der Waals surface area (Å²) >= 11 is 0. The van der Waals surface area contributed by atoms with Gasteiger partial charge in [0, 0.05) is 17.7 Å². The molecule has 1 fully saturated rings. The van der Waals surface area contributed by atoms with Gasteiger partial charge in [-0.3, -0.25) is 0 Å². The van der Waals surface area contributed by atoms with E-state index in [1.165, 1.54) is 0 Å². The van der Waals surface area contributed by atoms with Crippen LogP contribution in [0.3, 0.4) is 0 Å². The molecule has 3 rings (SSSR count). The van der Waals surface area contributed by atoms with E-state index in [2.05, 4.69) is 10.1 Å². The topological polar surface area (TPSA) is 108 Å². The summed E-state index contributed by atoms with van der Waals surface area (Å²) in [7, 11) is -1.42. The number of methoxy groups -OCH3 is 1. The van der Waals surface area contributed by atoms with Gasteiger partial charge in [-0.15, -0.1) is 0 Å². The predicted octanol–water partition coefficient (Wildman–Crippen LogP) is 1.23. The van der Waals surface area contributed by atoms with Crippen molar-refractivity contribution in [2.75, 3.05) is 24.3 Å². The number of hydrogen-bond acceptors (Lipinski definition) is 7. The highest BCUT2D eigenvalue weighted by Crippen LogP contribution is 2.31. The van der Waals surface area contributed by atoms with Gasteiger partial charge >= 0.3 is 0 Å². The molecule has 2 heterocycles. The molecule has 0 bridgehead atoms. The van der Waals surface area contributed by atoms with Gasteiger partial charge in [-0.05, 0) is 18.6 Å². The quantitative estimate of drug-likeness (QED) is 0.849. The maximum absolute atomic E-state index is 11.5. The summed E-state index contributed by atoms with van der Waals surface area (Å²) in [6.45, 7) is 0. The second-order valence-electron chi connectivity index (χ2n) is 5.01. The molecule has 7 nitrogen and oxygen atoms in total. The Morgan fingerprint density at radius 2 is 2.24 bits per heavy atom. The van der Waals surface area contributed by atoms with Crippen LogP contribution in [0.5, 0.6) is 5.75 Å². The number of nitrogen functional groups attached to an aromatic ring is 1. The summed E-state index contributed by atoms with van der Waals surface area (Å²) in [4.78, 5) is 4.28. The minimum atomic E-state index is -2.98. The summed E-state index contributed by atoms with van der Waals surface area (Å²) in [6, 6.07) is 5.14. The fraction of sp³-hybridized carbons (Fsp3) is 0.385. The molecular formula is C13H15N3O4S. The Morgan fingerprint density at radius 3 is 2.86 bits per heavy atom. The lowest BCUT2D eigenvalue weighted by Gasteiger charge is -2.04. The van der Waals surface area contributed by atoms with Crippen molar-refractivity contribution in [1.29, 1.82) is 0 Å². The average molecular weight is 309 g/mol. The minimum Gasteiger partial charge on any atom is -0.497 e. The van der Waals surface area contributed by atoms with Crippen LogP contribution in [-0.4, -0.2) is 37.2 Å². The molecule has 1 saturated heterocycles. The Morgan fingerprint density at radius 1 is 1.43 bits per heavy atom. The van der Waals surface area contributed by atoms with E-state index in [-0.39, 0.29) is 23.3 Å². The third-order valence-corrected chi connectivity index (χ3v) is 5.30. The highest BCUT2D eigenvalue weighted by atomic mass is 32.2. The fourth-order valence-electron chi connectivity index (χ4n) is 2.37. The Hall–Kier alpha value is -2.09. The van der Waals surface area contributed by atoms with E-state index >= 15 is 0 Å². The predicted molar refractivity (Wildman–Crippen MR) is 76.7 cm³/mol. The molecule has 21 heavy (non-hydrogen) atoms. The summed E-state index contributed by atoms with van der Waals surface area (Å²) in [5.74, 6) is 1.39. The maximum atomic E-state index is 11.5. The Bertz CT molecular complexity index is 769. The Labute approximate surface area is 122 Å². The van der Waals surface area contributed by atoms with E-state index in [0.29, 0.717) is 29.2 Å². The van der Waals surface area contributed by atoms with Gasteiger partial charge in [0.2, 0.25) is 0 Å². The molecule has 1 aromatic carbocycles. The molecule has 1 aromatic heterocycles. The van der Waals surface area contributed by atoms with Gasteiger partial charge in [0.1, 0.15) is 5.75 Å². The zero-order valence-electron chi connectivity index (χ0n) is 11.4. The van der Waals surface area contributed by atoms with Crippen molar-refractivity contribution in [2.45, 2.75) is 12.3 Å². The molecule has 1 aliphatic heterocycles. The van der Waals surface area contributed by atoms with Crippen LogP contribution in [0.1, 0.15) is 18.2 Å². The number of sulfone groups is 1. The van der Waals surface area contributed by atoms with E-state index < -0.39 is 9.84 Å². The number of rotatable bonds is 3. The van der Waals surface area contributed by atoms with Crippen LogP contribution in [-0.2, 0) is 9.84 Å². The van der Waals surface area contributed by atoms with Gasteiger partial charge in [-0.2, -0.15) is 4.98 Å². The molecule has 112 valence electrons. The van der Waals surface area contributed by atoms with Crippen LogP contribution in [0, 0.1) is 0 Å². The van der Waals surface area contributed by atoms with Crippen LogP contribution in [0.25, 0.3) is 11.5 Å². The van der Waals surface area contributed by atoms with Gasteiger partial charge in [0.05, 0.1) is 24.2 Å². The number of ether oxygens (including phenoxy) is 1. The molecular weight excluding hydrogens is 294 g/mol. The summed E-state index contributed by atoms with van der Waals surface area (Å²) in [6.07, 6.45) is 0.527. The first-order chi connectivity index (χ1) is 9.98. The van der Waals surface area contributed by atoms with Crippen LogP contribution in [0.4, 0.5) is 5.69 Å². The highest BCUT2D eigenvalue weighted by molar-refractivity contribution is 7.91. The lowest BCUT2D eigenvalue weighted by Crippen LogP contribution is -2.05. The second kappa shape index (κ2) is 5.03. The van der Waals surface area contributed by atoms with Crippen molar-refractivity contribution >= 4 is 15.5 Å². The standard InChI is InChI=1S/C13H15N3O4S/c1-19-9-2-3-10(11(14)6-9)13-15-12(16-20-13)8-4-5-21(17,18)7-8/h2-3,6,8H,4-5,7,14H2,1H3. The number of hydrogen-bond donors (Lipinski definition) is 1. The molecule has 2 N–H and O–H groups in total. The van der Waals surface area contributed by atoms with Crippen molar-refractivity contribution in [3.8, 4) is 17.2 Å². The molecule has 0 spiro atoms. The molecule has 0 radical (unpaired) electrons. The lowest BCUT2D eigenvalue weighted by atomic mass is 10.1. The summed E-state index contributed by atoms with van der Waals surface area (Å²) in [5.41, 5.74) is 7.00. The third-order valence-electron chi connectivity index (χ3n) is 3.53. The number of nitrogens with two attached hydrogens (primary N) is 1. The first-order valence-corrected chi connectivity index (χ1v) is 8.28. The molecule has 1 aliphatic rings. The van der Waals surface area contributed by atoms with Crippen LogP contribution in [0.2, 0.25) is 0 Å². The summed E-state index contributed by atoms with van der Waals surface area (Å²) < 4.78 is 33.3. The number of aromatic nitrogens is 2. The van der Waals surface area contributed by atoms with E-state index in [1.54, 1.807) is 25.3 Å². The van der Waals surface area contributed by atoms with Crippen molar-refractivity contribution < 1.29 is 17.7 Å². The molecule has 0 amide bonds. The van der Waals surface area contributed by atoms with Crippen LogP contribution < -0.4 is 10.5 Å². The monoisotopic (exact) mass is 309 g/mol. The Kier molecular flexibility index (Phi) is 3.32. The first kappa shape index (κ1) is 13.9. The number of benzene rings is 1. The normalized spacial score (nSPS) is 20.5. The first-order valence-electron chi connectivity index (χ1n) is 6.46. The average Bonchev–Trinajstić information content (AvgIpc) is 3.05. The zero-order chi connectivity index (χ0) is 15.0.